The highest BCUT2D eigenvalue weighted by Crippen LogP contribution is 2.44. The first-order chi connectivity index (χ1) is 24.3. The predicted octanol–water partition coefficient (Wildman–Crippen LogP) is 13.5. The lowest BCUT2D eigenvalue weighted by molar-refractivity contribution is 1.28. The van der Waals surface area contributed by atoms with Gasteiger partial charge in [0.25, 0.3) is 0 Å². The van der Waals surface area contributed by atoms with E-state index in [1.54, 1.807) is 0 Å². The molecule has 0 fully saturated rings. The van der Waals surface area contributed by atoms with Crippen LogP contribution in [0.3, 0.4) is 0 Å². The van der Waals surface area contributed by atoms with Gasteiger partial charge in [0, 0.05) is 16.9 Å². The Morgan fingerprint density at radius 3 is 1.00 bits per heavy atom. The van der Waals surface area contributed by atoms with Crippen LogP contribution in [0, 0.1) is 0 Å². The lowest BCUT2D eigenvalue weighted by Gasteiger charge is -2.29. The molecule has 0 atom stereocenters. The summed E-state index contributed by atoms with van der Waals surface area (Å²) in [5.41, 5.74) is 15.3. The molecule has 0 saturated carbocycles. The van der Waals surface area contributed by atoms with E-state index >= 15 is 0 Å². The molecule has 0 aliphatic carbocycles. The molecule has 8 aromatic rings. The fourth-order valence-electron chi connectivity index (χ4n) is 6.65. The molecule has 1 heteroatoms. The summed E-state index contributed by atoms with van der Waals surface area (Å²) in [6.07, 6.45) is 0. The minimum atomic E-state index is 1.10. The van der Waals surface area contributed by atoms with E-state index in [9.17, 15) is 0 Å². The average Bonchev–Trinajstić information content (AvgIpc) is 3.20. The van der Waals surface area contributed by atoms with Gasteiger partial charge in [-0.05, 0) is 86.5 Å². The van der Waals surface area contributed by atoms with Crippen molar-refractivity contribution in [2.75, 3.05) is 4.90 Å². The van der Waals surface area contributed by atoms with Crippen molar-refractivity contribution in [3.63, 3.8) is 0 Å². The molecule has 0 heterocycles. The molecule has 8 rings (SSSR count). The van der Waals surface area contributed by atoms with Gasteiger partial charge < -0.3 is 4.90 Å². The van der Waals surface area contributed by atoms with Gasteiger partial charge in [0.05, 0.1) is 5.69 Å². The van der Waals surface area contributed by atoms with Gasteiger partial charge in [0.2, 0.25) is 0 Å². The Labute approximate surface area is 289 Å². The van der Waals surface area contributed by atoms with Crippen LogP contribution in [0.5, 0.6) is 0 Å². The van der Waals surface area contributed by atoms with Crippen molar-refractivity contribution in [1.29, 1.82) is 0 Å². The molecule has 232 valence electrons. The van der Waals surface area contributed by atoms with Crippen LogP contribution in [0.25, 0.3) is 55.6 Å². The summed E-state index contributed by atoms with van der Waals surface area (Å²) >= 11 is 0. The first-order valence-electron chi connectivity index (χ1n) is 16.8. The summed E-state index contributed by atoms with van der Waals surface area (Å²) in [7, 11) is 0. The molecule has 0 N–H and O–H groups in total. The molecule has 49 heavy (non-hydrogen) atoms. The fourth-order valence-corrected chi connectivity index (χ4v) is 6.65. The molecule has 0 bridgehead atoms. The molecule has 1 nitrogen and oxygen atoms in total. The zero-order valence-corrected chi connectivity index (χ0v) is 27.2. The number of benzene rings is 8. The summed E-state index contributed by atoms with van der Waals surface area (Å²) in [5.74, 6) is 0. The summed E-state index contributed by atoms with van der Waals surface area (Å²) in [4.78, 5) is 2.39. The van der Waals surface area contributed by atoms with Gasteiger partial charge in [-0.2, -0.15) is 0 Å². The van der Waals surface area contributed by atoms with E-state index in [1.807, 2.05) is 0 Å². The Bertz CT molecular complexity index is 2190. The standard InChI is InChI=1S/C48H35N/c1-5-15-36(16-6-1)38-25-30-43(31-26-38)49(44-32-27-39(28-33-44)37-17-7-2-8-18-37)48-34-29-42(35-47(48)41-21-11-4-12-22-41)46-24-14-13-23-45(46)40-19-9-3-10-20-40/h1-35H. The minimum Gasteiger partial charge on any atom is -0.310 e. The summed E-state index contributed by atoms with van der Waals surface area (Å²) in [6.45, 7) is 0. The van der Waals surface area contributed by atoms with Gasteiger partial charge in [-0.3, -0.25) is 0 Å². The number of hydrogen-bond donors (Lipinski definition) is 0. The monoisotopic (exact) mass is 625 g/mol. The van der Waals surface area contributed by atoms with E-state index in [0.29, 0.717) is 0 Å². The van der Waals surface area contributed by atoms with Crippen LogP contribution in [0.15, 0.2) is 212 Å². The van der Waals surface area contributed by atoms with E-state index < -0.39 is 0 Å². The highest BCUT2D eigenvalue weighted by molar-refractivity contribution is 5.93. The van der Waals surface area contributed by atoms with Crippen LogP contribution in [-0.4, -0.2) is 0 Å². The first kappa shape index (κ1) is 29.9. The molecule has 0 aliphatic rings. The molecule has 8 aromatic carbocycles. The van der Waals surface area contributed by atoms with Crippen molar-refractivity contribution in [2.24, 2.45) is 0 Å². The lowest BCUT2D eigenvalue weighted by atomic mass is 9.91. The third-order valence-electron chi connectivity index (χ3n) is 9.11. The van der Waals surface area contributed by atoms with E-state index in [1.165, 1.54) is 55.6 Å². The molecule has 0 amide bonds. The number of hydrogen-bond acceptors (Lipinski definition) is 1. The number of rotatable bonds is 8. The fraction of sp³-hybridized carbons (Fsp3) is 0. The third kappa shape index (κ3) is 6.31. The third-order valence-corrected chi connectivity index (χ3v) is 9.11. The first-order valence-corrected chi connectivity index (χ1v) is 16.8. The largest absolute Gasteiger partial charge is 0.310 e. The predicted molar refractivity (Wildman–Crippen MR) is 208 cm³/mol. The zero-order valence-electron chi connectivity index (χ0n) is 27.2. The van der Waals surface area contributed by atoms with Gasteiger partial charge in [0.15, 0.2) is 0 Å². The van der Waals surface area contributed by atoms with E-state index in [-0.39, 0.29) is 0 Å². The van der Waals surface area contributed by atoms with Crippen molar-refractivity contribution in [3.05, 3.63) is 212 Å². The van der Waals surface area contributed by atoms with E-state index in [2.05, 4.69) is 217 Å². The summed E-state index contributed by atoms with van der Waals surface area (Å²) in [5, 5.41) is 0. The van der Waals surface area contributed by atoms with Crippen LogP contribution in [0.4, 0.5) is 17.1 Å². The second kappa shape index (κ2) is 13.7. The maximum absolute atomic E-state index is 2.39. The molecule has 0 radical (unpaired) electrons. The molecule has 0 saturated heterocycles. The quantitative estimate of drug-likeness (QED) is 0.162. The smallest absolute Gasteiger partial charge is 0.0540 e. The van der Waals surface area contributed by atoms with Gasteiger partial charge in [-0.1, -0.05) is 176 Å². The highest BCUT2D eigenvalue weighted by Gasteiger charge is 2.19. The zero-order chi connectivity index (χ0) is 32.8. The highest BCUT2D eigenvalue weighted by atomic mass is 15.1. The van der Waals surface area contributed by atoms with Crippen LogP contribution < -0.4 is 4.90 Å². The average molecular weight is 626 g/mol. The molecular formula is C48H35N. The Morgan fingerprint density at radius 1 is 0.224 bits per heavy atom. The molecule has 0 aromatic heterocycles. The summed E-state index contributed by atoms with van der Waals surface area (Å²) in [6, 6.07) is 76.0. The second-order valence-electron chi connectivity index (χ2n) is 12.2. The maximum atomic E-state index is 2.39. The topological polar surface area (TPSA) is 3.24 Å². The van der Waals surface area contributed by atoms with Gasteiger partial charge >= 0.3 is 0 Å². The van der Waals surface area contributed by atoms with Crippen molar-refractivity contribution >= 4 is 17.1 Å². The Morgan fingerprint density at radius 2 is 0.551 bits per heavy atom. The van der Waals surface area contributed by atoms with Crippen molar-refractivity contribution in [2.45, 2.75) is 0 Å². The number of nitrogens with zero attached hydrogens (tertiary/aromatic N) is 1. The SMILES string of the molecule is c1ccc(-c2ccc(N(c3ccc(-c4ccccc4)cc3)c3ccc(-c4ccccc4-c4ccccc4)cc3-c3ccccc3)cc2)cc1. The second-order valence-corrected chi connectivity index (χ2v) is 12.2. The molecule has 0 unspecified atom stereocenters. The Kier molecular flexibility index (Phi) is 8.39. The van der Waals surface area contributed by atoms with Crippen LogP contribution in [-0.2, 0) is 0 Å². The Hall–Kier alpha value is -6.44. The minimum absolute atomic E-state index is 1.10. The van der Waals surface area contributed by atoms with Crippen molar-refractivity contribution in [1.82, 2.24) is 0 Å². The molecule has 0 aliphatic heterocycles. The summed E-state index contributed by atoms with van der Waals surface area (Å²) < 4.78 is 0. The number of anilines is 3. The van der Waals surface area contributed by atoms with Gasteiger partial charge in [-0.15, -0.1) is 0 Å². The molecule has 0 spiro atoms. The van der Waals surface area contributed by atoms with Gasteiger partial charge in [0.1, 0.15) is 0 Å². The van der Waals surface area contributed by atoms with E-state index in [0.717, 1.165) is 17.1 Å². The van der Waals surface area contributed by atoms with Crippen LogP contribution >= 0.6 is 0 Å². The van der Waals surface area contributed by atoms with Crippen LogP contribution in [0.1, 0.15) is 0 Å². The maximum Gasteiger partial charge on any atom is 0.0540 e. The normalized spacial score (nSPS) is 10.9. The Balaban J connectivity index is 1.30. The van der Waals surface area contributed by atoms with E-state index in [4.69, 9.17) is 0 Å². The van der Waals surface area contributed by atoms with Crippen molar-refractivity contribution < 1.29 is 0 Å². The van der Waals surface area contributed by atoms with Crippen molar-refractivity contribution in [3.8, 4) is 55.6 Å². The van der Waals surface area contributed by atoms with Gasteiger partial charge in [-0.25, -0.2) is 0 Å². The molecular weight excluding hydrogens is 591 g/mol. The lowest BCUT2D eigenvalue weighted by Crippen LogP contribution is -2.11. The van der Waals surface area contributed by atoms with Crippen LogP contribution in [0.2, 0.25) is 0 Å².